The molecule has 0 bridgehead atoms. The number of rotatable bonds is 2. The third kappa shape index (κ3) is 2.68. The minimum Gasteiger partial charge on any atom is -0.459 e. The van der Waals surface area contributed by atoms with Gasteiger partial charge in [0, 0.05) is 13.6 Å². The SMILES string of the molecule is CCOC(=O)C(=O)NC1CCN(C)C1=O. The van der Waals surface area contributed by atoms with Crippen LogP contribution in [0.25, 0.3) is 0 Å². The molecule has 1 unspecified atom stereocenters. The van der Waals surface area contributed by atoms with Gasteiger partial charge in [-0.05, 0) is 13.3 Å². The monoisotopic (exact) mass is 214 g/mol. The van der Waals surface area contributed by atoms with Gasteiger partial charge in [-0.1, -0.05) is 0 Å². The summed E-state index contributed by atoms with van der Waals surface area (Å²) in [6, 6.07) is -0.591. The summed E-state index contributed by atoms with van der Waals surface area (Å²) >= 11 is 0. The van der Waals surface area contributed by atoms with Crippen molar-refractivity contribution in [3.8, 4) is 0 Å². The molecule has 15 heavy (non-hydrogen) atoms. The van der Waals surface area contributed by atoms with E-state index in [9.17, 15) is 14.4 Å². The number of hydrogen-bond donors (Lipinski definition) is 1. The number of esters is 1. The Labute approximate surface area is 87.6 Å². The van der Waals surface area contributed by atoms with Crippen molar-refractivity contribution in [2.45, 2.75) is 19.4 Å². The Kier molecular flexibility index (Phi) is 3.65. The first-order chi connectivity index (χ1) is 7.06. The van der Waals surface area contributed by atoms with Gasteiger partial charge in [-0.2, -0.15) is 0 Å². The number of hydrogen-bond acceptors (Lipinski definition) is 4. The van der Waals surface area contributed by atoms with Crippen LogP contribution in [0.3, 0.4) is 0 Å². The summed E-state index contributed by atoms with van der Waals surface area (Å²) in [5, 5.41) is 2.34. The fourth-order valence-electron chi connectivity index (χ4n) is 1.37. The molecule has 1 aliphatic heterocycles. The van der Waals surface area contributed by atoms with Gasteiger partial charge in [0.1, 0.15) is 6.04 Å². The van der Waals surface area contributed by atoms with Crippen LogP contribution in [0, 0.1) is 0 Å². The fourth-order valence-corrected chi connectivity index (χ4v) is 1.37. The van der Waals surface area contributed by atoms with Gasteiger partial charge in [0.05, 0.1) is 6.61 Å². The van der Waals surface area contributed by atoms with Gasteiger partial charge in [-0.15, -0.1) is 0 Å². The van der Waals surface area contributed by atoms with Crippen molar-refractivity contribution < 1.29 is 19.1 Å². The highest BCUT2D eigenvalue weighted by atomic mass is 16.5. The lowest BCUT2D eigenvalue weighted by Crippen LogP contribution is -2.44. The molecule has 1 atom stereocenters. The van der Waals surface area contributed by atoms with Crippen LogP contribution < -0.4 is 5.32 Å². The van der Waals surface area contributed by atoms with E-state index in [-0.39, 0.29) is 12.5 Å². The van der Waals surface area contributed by atoms with Crippen LogP contribution in [0.4, 0.5) is 0 Å². The summed E-state index contributed by atoms with van der Waals surface area (Å²) in [7, 11) is 1.65. The van der Waals surface area contributed by atoms with E-state index in [1.165, 1.54) is 4.90 Å². The largest absolute Gasteiger partial charge is 0.459 e. The lowest BCUT2D eigenvalue weighted by atomic mass is 10.2. The molecule has 0 spiro atoms. The molecular weight excluding hydrogens is 200 g/mol. The zero-order valence-electron chi connectivity index (χ0n) is 8.78. The van der Waals surface area contributed by atoms with Crippen molar-refractivity contribution in [2.75, 3.05) is 20.2 Å². The van der Waals surface area contributed by atoms with E-state index in [1.807, 2.05) is 0 Å². The van der Waals surface area contributed by atoms with E-state index >= 15 is 0 Å². The fraction of sp³-hybridized carbons (Fsp3) is 0.667. The molecule has 0 saturated carbocycles. The molecule has 0 aromatic carbocycles. The number of likely N-dealkylation sites (N-methyl/N-ethyl adjacent to an activating group) is 1. The van der Waals surface area contributed by atoms with Crippen molar-refractivity contribution in [1.29, 1.82) is 0 Å². The molecule has 0 aliphatic carbocycles. The molecule has 1 rings (SSSR count). The van der Waals surface area contributed by atoms with Crippen molar-refractivity contribution in [1.82, 2.24) is 10.2 Å². The van der Waals surface area contributed by atoms with Crippen LogP contribution in [0.5, 0.6) is 0 Å². The van der Waals surface area contributed by atoms with Crippen LogP contribution in [-0.4, -0.2) is 48.9 Å². The predicted molar refractivity (Wildman–Crippen MR) is 50.8 cm³/mol. The molecule has 0 aromatic rings. The number of amides is 2. The van der Waals surface area contributed by atoms with E-state index in [0.29, 0.717) is 13.0 Å². The first kappa shape index (κ1) is 11.5. The maximum absolute atomic E-state index is 11.4. The first-order valence-corrected chi connectivity index (χ1v) is 4.78. The maximum atomic E-state index is 11.4. The van der Waals surface area contributed by atoms with Gasteiger partial charge in [0.25, 0.3) is 0 Å². The Balaban J connectivity index is 2.45. The zero-order chi connectivity index (χ0) is 11.4. The van der Waals surface area contributed by atoms with Gasteiger partial charge in [0.15, 0.2) is 0 Å². The van der Waals surface area contributed by atoms with E-state index in [1.54, 1.807) is 14.0 Å². The molecule has 1 N–H and O–H groups in total. The number of nitrogens with one attached hydrogen (secondary N) is 1. The third-order valence-electron chi connectivity index (χ3n) is 2.19. The molecule has 84 valence electrons. The number of carbonyl (C=O) groups is 3. The molecule has 6 nitrogen and oxygen atoms in total. The van der Waals surface area contributed by atoms with Gasteiger partial charge in [0.2, 0.25) is 5.91 Å². The Morgan fingerprint density at radius 1 is 1.60 bits per heavy atom. The van der Waals surface area contributed by atoms with Gasteiger partial charge < -0.3 is 15.0 Å². The second-order valence-corrected chi connectivity index (χ2v) is 3.29. The Hall–Kier alpha value is -1.59. The summed E-state index contributed by atoms with van der Waals surface area (Å²) in [6.45, 7) is 2.34. The Bertz CT molecular complexity index is 290. The molecular formula is C9H14N2O4. The van der Waals surface area contributed by atoms with Crippen LogP contribution in [0.1, 0.15) is 13.3 Å². The smallest absolute Gasteiger partial charge is 0.396 e. The third-order valence-corrected chi connectivity index (χ3v) is 2.19. The van der Waals surface area contributed by atoms with Gasteiger partial charge >= 0.3 is 11.9 Å². The van der Waals surface area contributed by atoms with E-state index in [0.717, 1.165) is 0 Å². The molecule has 1 saturated heterocycles. The van der Waals surface area contributed by atoms with Crippen molar-refractivity contribution in [3.05, 3.63) is 0 Å². The summed E-state index contributed by atoms with van der Waals surface area (Å²) in [4.78, 5) is 35.0. The molecule has 1 aliphatic rings. The first-order valence-electron chi connectivity index (χ1n) is 4.78. The summed E-state index contributed by atoms with van der Waals surface area (Å²) in [5.41, 5.74) is 0. The lowest BCUT2D eigenvalue weighted by Gasteiger charge is -2.11. The highest BCUT2D eigenvalue weighted by Gasteiger charge is 2.32. The molecule has 1 heterocycles. The molecule has 2 amide bonds. The van der Waals surface area contributed by atoms with Crippen LogP contribution in [0.2, 0.25) is 0 Å². The van der Waals surface area contributed by atoms with Crippen LogP contribution >= 0.6 is 0 Å². The highest BCUT2D eigenvalue weighted by molar-refractivity contribution is 6.32. The topological polar surface area (TPSA) is 75.7 Å². The van der Waals surface area contributed by atoms with E-state index in [4.69, 9.17) is 0 Å². The predicted octanol–water partition coefficient (Wildman–Crippen LogP) is -1.10. The Morgan fingerprint density at radius 3 is 2.73 bits per heavy atom. The average molecular weight is 214 g/mol. The average Bonchev–Trinajstić information content (AvgIpc) is 2.50. The second kappa shape index (κ2) is 4.77. The minimum absolute atomic E-state index is 0.144. The molecule has 6 heteroatoms. The molecule has 0 aromatic heterocycles. The van der Waals surface area contributed by atoms with Crippen molar-refractivity contribution in [2.24, 2.45) is 0 Å². The quantitative estimate of drug-likeness (QED) is 0.467. The van der Waals surface area contributed by atoms with E-state index < -0.39 is 17.9 Å². The second-order valence-electron chi connectivity index (χ2n) is 3.29. The van der Waals surface area contributed by atoms with Crippen molar-refractivity contribution in [3.63, 3.8) is 0 Å². The molecule has 0 radical (unpaired) electrons. The lowest BCUT2D eigenvalue weighted by molar-refractivity contribution is -0.155. The summed E-state index contributed by atoms with van der Waals surface area (Å²) < 4.78 is 4.50. The summed E-state index contributed by atoms with van der Waals surface area (Å²) in [6.07, 6.45) is 0.528. The van der Waals surface area contributed by atoms with Gasteiger partial charge in [-0.25, -0.2) is 4.79 Å². The minimum atomic E-state index is -0.945. The number of carbonyl (C=O) groups excluding carboxylic acids is 3. The van der Waals surface area contributed by atoms with Crippen molar-refractivity contribution >= 4 is 17.8 Å². The van der Waals surface area contributed by atoms with Crippen LogP contribution in [0.15, 0.2) is 0 Å². The number of likely N-dealkylation sites (tertiary alicyclic amines) is 1. The summed E-state index contributed by atoms with van der Waals surface area (Å²) in [5.74, 6) is -1.97. The normalized spacial score (nSPS) is 20.3. The highest BCUT2D eigenvalue weighted by Crippen LogP contribution is 2.08. The number of ether oxygens (including phenoxy) is 1. The zero-order valence-corrected chi connectivity index (χ0v) is 8.78. The maximum Gasteiger partial charge on any atom is 0.396 e. The number of nitrogens with zero attached hydrogens (tertiary/aromatic N) is 1. The standard InChI is InChI=1S/C9H14N2O4/c1-3-15-9(14)7(12)10-6-4-5-11(2)8(6)13/h6H,3-5H2,1-2H3,(H,10,12). The van der Waals surface area contributed by atoms with E-state index in [2.05, 4.69) is 10.1 Å². The van der Waals surface area contributed by atoms with Gasteiger partial charge in [-0.3, -0.25) is 9.59 Å². The Morgan fingerprint density at radius 2 is 2.27 bits per heavy atom. The van der Waals surface area contributed by atoms with Crippen LogP contribution in [-0.2, 0) is 19.1 Å². The molecule has 1 fully saturated rings.